The van der Waals surface area contributed by atoms with Crippen molar-refractivity contribution in [2.75, 3.05) is 27.2 Å². The number of benzene rings is 1. The molecule has 1 aliphatic heterocycles. The van der Waals surface area contributed by atoms with Gasteiger partial charge in [-0.25, -0.2) is 0 Å². The number of fused-ring (bicyclic) bond motifs is 1. The number of quaternary nitrogens is 1. The number of carbonyl (C=O) groups is 1. The van der Waals surface area contributed by atoms with Crippen molar-refractivity contribution < 1.29 is 14.1 Å². The van der Waals surface area contributed by atoms with Crippen LogP contribution in [-0.2, 0) is 0 Å². The van der Waals surface area contributed by atoms with Crippen LogP contribution in [0.1, 0.15) is 23.4 Å². The molecule has 0 aliphatic carbocycles. The molecule has 0 bridgehead atoms. The molecule has 1 saturated heterocycles. The lowest BCUT2D eigenvalue weighted by Gasteiger charge is -2.32. The van der Waals surface area contributed by atoms with Crippen molar-refractivity contribution in [2.24, 2.45) is 0 Å². The Morgan fingerprint density at radius 1 is 1.30 bits per heavy atom. The average molecular weight is 273 g/mol. The van der Waals surface area contributed by atoms with Gasteiger partial charge < -0.3 is 14.2 Å². The smallest absolute Gasteiger partial charge is 0.289 e. The van der Waals surface area contributed by atoms with Crippen molar-refractivity contribution in [3.8, 4) is 0 Å². The highest BCUT2D eigenvalue weighted by Crippen LogP contribution is 2.21. The minimum absolute atomic E-state index is 0.00856. The van der Waals surface area contributed by atoms with Gasteiger partial charge >= 0.3 is 0 Å². The Morgan fingerprint density at radius 2 is 2.00 bits per heavy atom. The van der Waals surface area contributed by atoms with Crippen LogP contribution < -0.4 is 4.90 Å². The molecule has 1 aromatic carbocycles. The number of rotatable bonds is 2. The second kappa shape index (κ2) is 5.29. The maximum atomic E-state index is 12.5. The Labute approximate surface area is 119 Å². The molecule has 2 aromatic rings. The van der Waals surface area contributed by atoms with E-state index in [1.807, 2.05) is 42.3 Å². The third-order valence-electron chi connectivity index (χ3n) is 4.31. The Balaban J connectivity index is 1.77. The van der Waals surface area contributed by atoms with E-state index < -0.39 is 0 Å². The van der Waals surface area contributed by atoms with Crippen LogP contribution in [0.4, 0.5) is 0 Å². The number of para-hydroxylation sites is 1. The molecule has 20 heavy (non-hydrogen) atoms. The van der Waals surface area contributed by atoms with E-state index >= 15 is 0 Å². The van der Waals surface area contributed by atoms with Gasteiger partial charge in [-0.3, -0.25) is 4.79 Å². The van der Waals surface area contributed by atoms with Gasteiger partial charge in [0.05, 0.1) is 20.1 Å². The minimum atomic E-state index is -0.00856. The molecule has 2 heterocycles. The van der Waals surface area contributed by atoms with Crippen LogP contribution >= 0.6 is 0 Å². The topological polar surface area (TPSA) is 37.9 Å². The van der Waals surface area contributed by atoms with Crippen LogP contribution in [0.5, 0.6) is 0 Å². The van der Waals surface area contributed by atoms with E-state index in [2.05, 4.69) is 7.05 Å². The lowest BCUT2D eigenvalue weighted by Crippen LogP contribution is -3.10. The Kier molecular flexibility index (Phi) is 3.49. The first-order chi connectivity index (χ1) is 9.65. The second-order valence-electron chi connectivity index (χ2n) is 5.75. The number of piperidine rings is 1. The Morgan fingerprint density at radius 3 is 2.70 bits per heavy atom. The molecular weight excluding hydrogens is 252 g/mol. The van der Waals surface area contributed by atoms with Crippen LogP contribution in [0, 0.1) is 0 Å². The van der Waals surface area contributed by atoms with Gasteiger partial charge in [0, 0.05) is 31.3 Å². The summed E-state index contributed by atoms with van der Waals surface area (Å²) in [6.07, 6.45) is 2.13. The lowest BCUT2D eigenvalue weighted by molar-refractivity contribution is -0.885. The summed E-state index contributed by atoms with van der Waals surface area (Å²) >= 11 is 0. The van der Waals surface area contributed by atoms with Crippen molar-refractivity contribution in [3.05, 3.63) is 36.1 Å². The molecule has 1 aliphatic rings. The molecule has 1 amide bonds. The monoisotopic (exact) mass is 273 g/mol. The van der Waals surface area contributed by atoms with E-state index in [-0.39, 0.29) is 5.91 Å². The molecule has 4 nitrogen and oxygen atoms in total. The second-order valence-corrected chi connectivity index (χ2v) is 5.75. The van der Waals surface area contributed by atoms with E-state index in [4.69, 9.17) is 4.42 Å². The van der Waals surface area contributed by atoms with Gasteiger partial charge in [0.25, 0.3) is 5.91 Å². The normalized spacial score (nSPS) is 22.9. The third-order valence-corrected chi connectivity index (χ3v) is 4.31. The number of nitrogens with one attached hydrogen (secondary N) is 1. The zero-order valence-corrected chi connectivity index (χ0v) is 12.1. The van der Waals surface area contributed by atoms with Gasteiger partial charge in [-0.1, -0.05) is 18.2 Å². The third kappa shape index (κ3) is 2.43. The molecule has 3 rings (SSSR count). The van der Waals surface area contributed by atoms with Crippen LogP contribution in [-0.4, -0.2) is 44.0 Å². The summed E-state index contributed by atoms with van der Waals surface area (Å²) in [4.78, 5) is 15.9. The number of carbonyl (C=O) groups excluding carboxylic acids is 1. The Bertz CT molecular complexity index is 579. The largest absolute Gasteiger partial charge is 0.451 e. The van der Waals surface area contributed by atoms with E-state index in [0.29, 0.717) is 11.8 Å². The van der Waals surface area contributed by atoms with Gasteiger partial charge in [0.1, 0.15) is 5.58 Å². The first kappa shape index (κ1) is 13.2. The van der Waals surface area contributed by atoms with Gasteiger partial charge in [-0.15, -0.1) is 0 Å². The maximum Gasteiger partial charge on any atom is 0.289 e. The first-order valence-electron chi connectivity index (χ1n) is 7.22. The zero-order valence-electron chi connectivity index (χ0n) is 12.1. The number of amides is 1. The van der Waals surface area contributed by atoms with Crippen molar-refractivity contribution in [2.45, 2.75) is 18.9 Å². The van der Waals surface area contributed by atoms with Crippen molar-refractivity contribution in [3.63, 3.8) is 0 Å². The van der Waals surface area contributed by atoms with Crippen LogP contribution in [0.2, 0.25) is 0 Å². The summed E-state index contributed by atoms with van der Waals surface area (Å²) in [5.41, 5.74) is 0.775. The van der Waals surface area contributed by atoms with Gasteiger partial charge in [0.2, 0.25) is 0 Å². The van der Waals surface area contributed by atoms with E-state index in [9.17, 15) is 4.79 Å². The van der Waals surface area contributed by atoms with Crippen LogP contribution in [0.15, 0.2) is 34.7 Å². The molecule has 0 spiro atoms. The fourth-order valence-corrected chi connectivity index (χ4v) is 2.91. The summed E-state index contributed by atoms with van der Waals surface area (Å²) in [5, 5.41) is 0.983. The van der Waals surface area contributed by atoms with Gasteiger partial charge in [-0.05, 0) is 12.1 Å². The SMILES string of the molecule is CN(C(=O)c1cc2ccccc2o1)C1CC[NH+](C)CC1. The summed E-state index contributed by atoms with van der Waals surface area (Å²) in [7, 11) is 4.10. The highest BCUT2D eigenvalue weighted by atomic mass is 16.3. The Hall–Kier alpha value is -1.81. The van der Waals surface area contributed by atoms with Crippen LogP contribution in [0.3, 0.4) is 0 Å². The standard InChI is InChI=1S/C16H20N2O2/c1-17-9-7-13(8-10-17)18(2)16(19)15-11-12-5-3-4-6-14(12)20-15/h3-6,11,13H,7-10H2,1-2H3/p+1. The van der Waals surface area contributed by atoms with Crippen molar-refractivity contribution in [1.29, 1.82) is 0 Å². The molecule has 0 saturated carbocycles. The zero-order chi connectivity index (χ0) is 14.1. The molecule has 0 atom stereocenters. The fourth-order valence-electron chi connectivity index (χ4n) is 2.91. The van der Waals surface area contributed by atoms with Crippen molar-refractivity contribution in [1.82, 2.24) is 4.90 Å². The van der Waals surface area contributed by atoms with E-state index in [1.54, 1.807) is 4.90 Å². The lowest BCUT2D eigenvalue weighted by atomic mass is 10.0. The summed E-state index contributed by atoms with van der Waals surface area (Å²) in [6, 6.07) is 9.91. The molecule has 1 aromatic heterocycles. The number of furan rings is 1. The molecule has 1 fully saturated rings. The molecule has 4 heteroatoms. The van der Waals surface area contributed by atoms with E-state index in [0.717, 1.165) is 36.9 Å². The first-order valence-corrected chi connectivity index (χ1v) is 7.22. The highest BCUT2D eigenvalue weighted by Gasteiger charge is 2.28. The molecule has 0 unspecified atom stereocenters. The quantitative estimate of drug-likeness (QED) is 0.892. The summed E-state index contributed by atoms with van der Waals surface area (Å²) in [6.45, 7) is 2.25. The summed E-state index contributed by atoms with van der Waals surface area (Å²) in [5.74, 6) is 0.436. The molecular formula is C16H21N2O2+. The minimum Gasteiger partial charge on any atom is -0.451 e. The molecule has 0 radical (unpaired) electrons. The molecule has 1 N–H and O–H groups in total. The number of hydrogen-bond donors (Lipinski definition) is 1. The number of nitrogens with zero attached hydrogens (tertiary/aromatic N) is 1. The highest BCUT2D eigenvalue weighted by molar-refractivity contribution is 5.96. The summed E-state index contributed by atoms with van der Waals surface area (Å²) < 4.78 is 5.67. The van der Waals surface area contributed by atoms with Gasteiger partial charge in [-0.2, -0.15) is 0 Å². The van der Waals surface area contributed by atoms with E-state index in [1.165, 1.54) is 0 Å². The maximum absolute atomic E-state index is 12.5. The van der Waals surface area contributed by atoms with Crippen molar-refractivity contribution >= 4 is 16.9 Å². The fraction of sp³-hybridized carbons (Fsp3) is 0.438. The average Bonchev–Trinajstić information content (AvgIpc) is 2.90. The predicted molar refractivity (Wildman–Crippen MR) is 78.0 cm³/mol. The van der Waals surface area contributed by atoms with Gasteiger partial charge in [0.15, 0.2) is 5.76 Å². The molecule has 106 valence electrons. The number of likely N-dealkylation sites (tertiary alicyclic amines) is 1. The predicted octanol–water partition coefficient (Wildman–Crippen LogP) is 1.18. The number of hydrogen-bond acceptors (Lipinski definition) is 2. The van der Waals surface area contributed by atoms with Crippen LogP contribution in [0.25, 0.3) is 11.0 Å².